The van der Waals surface area contributed by atoms with Crippen LogP contribution < -0.4 is 5.32 Å². The molecule has 0 bridgehead atoms. The van der Waals surface area contributed by atoms with E-state index in [1.807, 2.05) is 7.05 Å². The van der Waals surface area contributed by atoms with Crippen molar-refractivity contribution in [1.29, 1.82) is 0 Å². The van der Waals surface area contributed by atoms with Gasteiger partial charge in [0, 0.05) is 6.61 Å². The summed E-state index contributed by atoms with van der Waals surface area (Å²) >= 11 is 0. The van der Waals surface area contributed by atoms with E-state index in [0.717, 1.165) is 19.4 Å². The van der Waals surface area contributed by atoms with Gasteiger partial charge >= 0.3 is 0 Å². The molecule has 1 N–H and O–H groups in total. The van der Waals surface area contributed by atoms with Crippen molar-refractivity contribution in [2.75, 3.05) is 13.7 Å². The van der Waals surface area contributed by atoms with Gasteiger partial charge in [-0.3, -0.25) is 0 Å². The van der Waals surface area contributed by atoms with Crippen molar-refractivity contribution < 1.29 is 4.74 Å². The number of aryl methyl sites for hydroxylation is 1. The number of nitrogens with one attached hydrogen (secondary N) is 1. The fourth-order valence-electron chi connectivity index (χ4n) is 2.76. The smallest absolute Gasteiger partial charge is 0.0845 e. The molecule has 1 rings (SSSR count). The molecule has 0 saturated carbocycles. The molecule has 2 atom stereocenters. The molecule has 2 nitrogen and oxygen atoms in total. The average molecular weight is 263 g/mol. The summed E-state index contributed by atoms with van der Waals surface area (Å²) in [6.45, 7) is 9.42. The Hall–Kier alpha value is -0.860. The first-order valence-electron chi connectivity index (χ1n) is 7.51. The molecule has 0 radical (unpaired) electrons. The third kappa shape index (κ3) is 4.05. The van der Waals surface area contributed by atoms with Crippen LogP contribution in [0.15, 0.2) is 24.3 Å². The number of rotatable bonds is 8. The zero-order valence-electron chi connectivity index (χ0n) is 13.1. The highest BCUT2D eigenvalue weighted by atomic mass is 16.5. The molecule has 2 unspecified atom stereocenters. The monoisotopic (exact) mass is 263 g/mol. The van der Waals surface area contributed by atoms with Gasteiger partial charge in [-0.2, -0.15) is 0 Å². The van der Waals surface area contributed by atoms with Gasteiger partial charge in [-0.05, 0) is 44.9 Å². The fraction of sp³-hybridized carbons (Fsp3) is 0.647. The van der Waals surface area contributed by atoms with Gasteiger partial charge in [0.25, 0.3) is 0 Å². The molecule has 2 heteroatoms. The predicted octanol–water partition coefficient (Wildman–Crippen LogP) is 4.10. The Bertz CT molecular complexity index is 377. The second-order valence-electron chi connectivity index (χ2n) is 5.32. The van der Waals surface area contributed by atoms with Crippen molar-refractivity contribution >= 4 is 0 Å². The molecule has 0 saturated heterocycles. The molecule has 0 spiro atoms. The van der Waals surface area contributed by atoms with Crippen LogP contribution in [0, 0.1) is 0 Å². The van der Waals surface area contributed by atoms with Crippen LogP contribution in [0.5, 0.6) is 0 Å². The summed E-state index contributed by atoms with van der Waals surface area (Å²) in [6, 6.07) is 9.12. The number of hydrogen-bond acceptors (Lipinski definition) is 2. The molecular formula is C17H29NO. The van der Waals surface area contributed by atoms with Crippen LogP contribution in [0.2, 0.25) is 0 Å². The Balaban J connectivity index is 3.04. The van der Waals surface area contributed by atoms with Crippen LogP contribution >= 0.6 is 0 Å². The first-order chi connectivity index (χ1) is 9.11. The molecule has 0 fully saturated rings. The Labute approximate surface area is 118 Å². The summed E-state index contributed by atoms with van der Waals surface area (Å²) in [5, 5.41) is 3.44. The lowest BCUT2D eigenvalue weighted by Gasteiger charge is -2.37. The van der Waals surface area contributed by atoms with E-state index in [1.165, 1.54) is 17.5 Å². The summed E-state index contributed by atoms with van der Waals surface area (Å²) in [6.07, 6.45) is 3.32. The first-order valence-corrected chi connectivity index (χ1v) is 7.51. The lowest BCUT2D eigenvalue weighted by Crippen LogP contribution is -2.42. The van der Waals surface area contributed by atoms with E-state index in [0.29, 0.717) is 0 Å². The van der Waals surface area contributed by atoms with E-state index in [1.54, 1.807) is 0 Å². The van der Waals surface area contributed by atoms with Crippen molar-refractivity contribution in [1.82, 2.24) is 5.32 Å². The Morgan fingerprint density at radius 1 is 1.26 bits per heavy atom. The quantitative estimate of drug-likeness (QED) is 0.762. The molecule has 0 aromatic heterocycles. The zero-order valence-corrected chi connectivity index (χ0v) is 13.1. The van der Waals surface area contributed by atoms with Gasteiger partial charge in [-0.25, -0.2) is 0 Å². The summed E-state index contributed by atoms with van der Waals surface area (Å²) in [4.78, 5) is 0. The van der Waals surface area contributed by atoms with Gasteiger partial charge < -0.3 is 10.1 Å². The third-order valence-electron chi connectivity index (χ3n) is 3.90. The SMILES string of the molecule is CCCc1cccc(C(NC)C(C)(CC)OCC)c1. The minimum Gasteiger partial charge on any atom is -0.374 e. The molecular weight excluding hydrogens is 234 g/mol. The largest absolute Gasteiger partial charge is 0.374 e. The molecule has 108 valence electrons. The van der Waals surface area contributed by atoms with Crippen molar-refractivity contribution in [2.24, 2.45) is 0 Å². The molecule has 0 aliphatic rings. The van der Waals surface area contributed by atoms with E-state index in [9.17, 15) is 0 Å². The van der Waals surface area contributed by atoms with Crippen LogP contribution in [-0.4, -0.2) is 19.3 Å². The number of benzene rings is 1. The molecule has 0 amide bonds. The molecule has 1 aromatic carbocycles. The Kier molecular flexibility index (Phi) is 6.53. The third-order valence-corrected chi connectivity index (χ3v) is 3.90. The summed E-state index contributed by atoms with van der Waals surface area (Å²) < 4.78 is 6.02. The standard InChI is InChI=1S/C17H29NO/c1-6-10-14-11-9-12-15(13-14)16(18-5)17(4,7-2)19-8-3/h9,11-13,16,18H,6-8,10H2,1-5H3. The van der Waals surface area contributed by atoms with Gasteiger partial charge in [0.1, 0.15) is 0 Å². The molecule has 0 heterocycles. The Morgan fingerprint density at radius 2 is 2.00 bits per heavy atom. The van der Waals surface area contributed by atoms with Crippen LogP contribution in [-0.2, 0) is 11.2 Å². The van der Waals surface area contributed by atoms with Crippen LogP contribution in [0.3, 0.4) is 0 Å². The summed E-state index contributed by atoms with van der Waals surface area (Å²) in [5.41, 5.74) is 2.58. The van der Waals surface area contributed by atoms with Crippen molar-refractivity contribution in [3.8, 4) is 0 Å². The summed E-state index contributed by atoms with van der Waals surface area (Å²) in [5.74, 6) is 0. The molecule has 0 aliphatic heterocycles. The zero-order chi connectivity index (χ0) is 14.3. The van der Waals surface area contributed by atoms with E-state index < -0.39 is 0 Å². The minimum atomic E-state index is -0.158. The van der Waals surface area contributed by atoms with E-state index in [-0.39, 0.29) is 11.6 Å². The van der Waals surface area contributed by atoms with Crippen molar-refractivity contribution in [2.45, 2.75) is 58.6 Å². The van der Waals surface area contributed by atoms with Crippen LogP contribution in [0.4, 0.5) is 0 Å². The maximum absolute atomic E-state index is 6.02. The van der Waals surface area contributed by atoms with Crippen LogP contribution in [0.25, 0.3) is 0 Å². The second kappa shape index (κ2) is 7.66. The van der Waals surface area contributed by atoms with Gasteiger partial charge in [-0.15, -0.1) is 0 Å². The van der Waals surface area contributed by atoms with E-state index in [2.05, 4.69) is 57.3 Å². The fourth-order valence-corrected chi connectivity index (χ4v) is 2.76. The highest BCUT2D eigenvalue weighted by molar-refractivity contribution is 5.28. The van der Waals surface area contributed by atoms with Crippen LogP contribution in [0.1, 0.15) is 57.7 Å². The maximum Gasteiger partial charge on any atom is 0.0845 e. The first kappa shape index (κ1) is 16.2. The normalized spacial score (nSPS) is 16.1. The molecule has 1 aromatic rings. The minimum absolute atomic E-state index is 0.158. The highest BCUT2D eigenvalue weighted by Gasteiger charge is 2.33. The average Bonchev–Trinajstić information content (AvgIpc) is 2.40. The topological polar surface area (TPSA) is 21.3 Å². The van der Waals surface area contributed by atoms with Gasteiger partial charge in [0.05, 0.1) is 11.6 Å². The number of hydrogen-bond donors (Lipinski definition) is 1. The van der Waals surface area contributed by atoms with E-state index in [4.69, 9.17) is 4.74 Å². The second-order valence-corrected chi connectivity index (χ2v) is 5.32. The number of ether oxygens (including phenoxy) is 1. The van der Waals surface area contributed by atoms with Gasteiger partial charge in [0.15, 0.2) is 0 Å². The Morgan fingerprint density at radius 3 is 2.53 bits per heavy atom. The summed E-state index contributed by atoms with van der Waals surface area (Å²) in [7, 11) is 2.02. The lowest BCUT2D eigenvalue weighted by atomic mass is 9.86. The molecule has 0 aliphatic carbocycles. The highest BCUT2D eigenvalue weighted by Crippen LogP contribution is 2.32. The lowest BCUT2D eigenvalue weighted by molar-refractivity contribution is -0.0547. The number of likely N-dealkylation sites (N-methyl/N-ethyl adjacent to an activating group) is 1. The van der Waals surface area contributed by atoms with Crippen molar-refractivity contribution in [3.63, 3.8) is 0 Å². The predicted molar refractivity (Wildman–Crippen MR) is 82.6 cm³/mol. The van der Waals surface area contributed by atoms with Gasteiger partial charge in [-0.1, -0.05) is 44.5 Å². The molecule has 19 heavy (non-hydrogen) atoms. The van der Waals surface area contributed by atoms with Gasteiger partial charge in [0.2, 0.25) is 0 Å². The van der Waals surface area contributed by atoms with E-state index >= 15 is 0 Å². The maximum atomic E-state index is 6.02. The van der Waals surface area contributed by atoms with Crippen molar-refractivity contribution in [3.05, 3.63) is 35.4 Å².